The van der Waals surface area contributed by atoms with Crippen LogP contribution in [0.3, 0.4) is 0 Å². The number of methoxy groups -OCH3 is 1. The molecule has 0 fully saturated rings. The van der Waals surface area contributed by atoms with Crippen LogP contribution in [0.4, 0.5) is 0 Å². The fourth-order valence-electron chi connectivity index (χ4n) is 1.66. The van der Waals surface area contributed by atoms with Crippen molar-refractivity contribution in [1.29, 1.82) is 0 Å². The molecule has 0 amide bonds. The summed E-state index contributed by atoms with van der Waals surface area (Å²) in [4.78, 5) is 23.5. The second kappa shape index (κ2) is 5.48. The highest BCUT2D eigenvalue weighted by Crippen LogP contribution is 2.46. The van der Waals surface area contributed by atoms with Gasteiger partial charge in [-0.05, 0) is 28.9 Å². The summed E-state index contributed by atoms with van der Waals surface area (Å²) in [5, 5.41) is 0. The number of fused-ring (bicyclic) bond motifs is 1. The van der Waals surface area contributed by atoms with Crippen molar-refractivity contribution in [3.05, 3.63) is 16.1 Å². The predicted octanol–water partition coefficient (Wildman–Crippen LogP) is 1.93. The summed E-state index contributed by atoms with van der Waals surface area (Å²) in [5.41, 5.74) is 0.0667. The molecule has 102 valence electrons. The lowest BCUT2D eigenvalue weighted by atomic mass is 10.1. The molecule has 0 aromatic heterocycles. The van der Waals surface area contributed by atoms with Crippen LogP contribution in [0.25, 0.3) is 0 Å². The van der Waals surface area contributed by atoms with Gasteiger partial charge in [0.2, 0.25) is 6.79 Å². The number of ether oxygens (including phenoxy) is 4. The molecule has 0 spiro atoms. The van der Waals surface area contributed by atoms with Crippen molar-refractivity contribution < 1.29 is 28.5 Å². The maximum absolute atomic E-state index is 12.0. The zero-order valence-corrected chi connectivity index (χ0v) is 11.9. The number of carbonyl (C=O) groups excluding carboxylic acids is 2. The van der Waals surface area contributed by atoms with Crippen LogP contribution < -0.4 is 14.2 Å². The number of rotatable bonds is 4. The Morgan fingerprint density at radius 3 is 2.79 bits per heavy atom. The number of ketones is 1. The third-order valence-electron chi connectivity index (χ3n) is 2.47. The highest BCUT2D eigenvalue weighted by Gasteiger charge is 2.29. The Balaban J connectivity index is 2.48. The molecule has 1 aliphatic heterocycles. The monoisotopic (exact) mass is 330 g/mol. The van der Waals surface area contributed by atoms with Gasteiger partial charge in [-0.2, -0.15) is 0 Å². The topological polar surface area (TPSA) is 71.1 Å². The first-order valence-corrected chi connectivity index (χ1v) is 6.27. The Morgan fingerprint density at radius 1 is 1.42 bits per heavy atom. The number of carbonyl (C=O) groups is 2. The molecule has 7 heteroatoms. The van der Waals surface area contributed by atoms with Gasteiger partial charge in [0.1, 0.15) is 10.2 Å². The van der Waals surface area contributed by atoms with Gasteiger partial charge < -0.3 is 18.9 Å². The fraction of sp³-hybridized carbons (Fsp3) is 0.333. The van der Waals surface area contributed by atoms with Gasteiger partial charge in [-0.25, -0.2) is 4.79 Å². The molecule has 0 saturated heterocycles. The number of Topliss-reactive ketones (excluding diaryl/α,β-unsaturated/α-hetero) is 1. The first kappa shape index (κ1) is 13.7. The summed E-state index contributed by atoms with van der Waals surface area (Å²) in [5.74, 6) is -0.704. The Hall–Kier alpha value is -1.76. The molecule has 0 bridgehead atoms. The van der Waals surface area contributed by atoms with Gasteiger partial charge in [-0.15, -0.1) is 0 Å². The number of hydrogen-bond donors (Lipinski definition) is 0. The lowest BCUT2D eigenvalue weighted by Crippen LogP contribution is -2.18. The van der Waals surface area contributed by atoms with Crippen LogP contribution in [0.2, 0.25) is 0 Å². The SMILES string of the molecule is CCOC(=O)C(=O)c1cc2c(c(Br)c1OC)OCO2. The van der Waals surface area contributed by atoms with E-state index in [0.29, 0.717) is 16.0 Å². The van der Waals surface area contributed by atoms with Crippen molar-refractivity contribution in [2.45, 2.75) is 6.92 Å². The van der Waals surface area contributed by atoms with E-state index >= 15 is 0 Å². The maximum Gasteiger partial charge on any atom is 0.379 e. The molecular weight excluding hydrogens is 320 g/mol. The second-order valence-corrected chi connectivity index (χ2v) is 4.35. The number of hydrogen-bond acceptors (Lipinski definition) is 6. The van der Waals surface area contributed by atoms with E-state index in [2.05, 4.69) is 20.7 Å². The third-order valence-corrected chi connectivity index (χ3v) is 3.19. The van der Waals surface area contributed by atoms with Crippen LogP contribution in [0, 0.1) is 0 Å². The van der Waals surface area contributed by atoms with Crippen LogP contribution in [0.15, 0.2) is 10.5 Å². The fourth-order valence-corrected chi connectivity index (χ4v) is 2.35. The molecule has 0 atom stereocenters. The Bertz CT molecular complexity index is 540. The molecule has 0 aliphatic carbocycles. The summed E-state index contributed by atoms with van der Waals surface area (Å²) in [6, 6.07) is 1.41. The summed E-state index contributed by atoms with van der Waals surface area (Å²) < 4.78 is 20.7. The average Bonchev–Trinajstić information content (AvgIpc) is 2.86. The van der Waals surface area contributed by atoms with Crippen molar-refractivity contribution in [3.63, 3.8) is 0 Å². The molecule has 0 radical (unpaired) electrons. The predicted molar refractivity (Wildman–Crippen MR) is 67.8 cm³/mol. The summed E-state index contributed by atoms with van der Waals surface area (Å²) >= 11 is 3.27. The van der Waals surface area contributed by atoms with E-state index in [9.17, 15) is 9.59 Å². The number of esters is 1. The maximum atomic E-state index is 12.0. The van der Waals surface area contributed by atoms with Crippen LogP contribution in [0.5, 0.6) is 17.2 Å². The van der Waals surface area contributed by atoms with Gasteiger partial charge in [-0.3, -0.25) is 4.79 Å². The molecule has 0 N–H and O–H groups in total. The van der Waals surface area contributed by atoms with Crippen molar-refractivity contribution in [2.75, 3.05) is 20.5 Å². The summed E-state index contributed by atoms with van der Waals surface area (Å²) in [7, 11) is 1.39. The molecule has 0 unspecified atom stereocenters. The number of halogens is 1. The second-order valence-electron chi connectivity index (χ2n) is 3.55. The van der Waals surface area contributed by atoms with Crippen molar-refractivity contribution in [2.24, 2.45) is 0 Å². The third kappa shape index (κ3) is 2.37. The van der Waals surface area contributed by atoms with E-state index in [1.54, 1.807) is 6.92 Å². The molecule has 1 aromatic carbocycles. The first-order valence-electron chi connectivity index (χ1n) is 5.47. The summed E-state index contributed by atoms with van der Waals surface area (Å²) in [6.07, 6.45) is 0. The van der Waals surface area contributed by atoms with E-state index in [-0.39, 0.29) is 24.7 Å². The Labute approximate surface area is 117 Å². The van der Waals surface area contributed by atoms with E-state index < -0.39 is 11.8 Å². The lowest BCUT2D eigenvalue weighted by molar-refractivity contribution is -0.137. The van der Waals surface area contributed by atoms with Gasteiger partial charge in [0.15, 0.2) is 11.5 Å². The van der Waals surface area contributed by atoms with Crippen LogP contribution in [-0.2, 0) is 9.53 Å². The van der Waals surface area contributed by atoms with E-state index in [1.165, 1.54) is 13.2 Å². The molecule has 2 rings (SSSR count). The lowest BCUT2D eigenvalue weighted by Gasteiger charge is -2.11. The zero-order chi connectivity index (χ0) is 14.0. The molecule has 0 saturated carbocycles. The minimum Gasteiger partial charge on any atom is -0.495 e. The van der Waals surface area contributed by atoms with E-state index in [4.69, 9.17) is 14.2 Å². The van der Waals surface area contributed by atoms with E-state index in [1.807, 2.05) is 0 Å². The van der Waals surface area contributed by atoms with Crippen LogP contribution in [-0.4, -0.2) is 32.3 Å². The quantitative estimate of drug-likeness (QED) is 0.477. The molecule has 1 heterocycles. The summed E-state index contributed by atoms with van der Waals surface area (Å²) in [6.45, 7) is 1.80. The molecule has 19 heavy (non-hydrogen) atoms. The van der Waals surface area contributed by atoms with Crippen LogP contribution in [0.1, 0.15) is 17.3 Å². The van der Waals surface area contributed by atoms with Gasteiger partial charge in [-0.1, -0.05) is 0 Å². The van der Waals surface area contributed by atoms with Crippen molar-refractivity contribution in [3.8, 4) is 17.2 Å². The van der Waals surface area contributed by atoms with Gasteiger partial charge in [0, 0.05) is 0 Å². The van der Waals surface area contributed by atoms with Crippen molar-refractivity contribution in [1.82, 2.24) is 0 Å². The number of benzene rings is 1. The average molecular weight is 331 g/mol. The smallest absolute Gasteiger partial charge is 0.379 e. The highest BCUT2D eigenvalue weighted by molar-refractivity contribution is 9.10. The molecule has 1 aromatic rings. The zero-order valence-electron chi connectivity index (χ0n) is 10.3. The molecule has 6 nitrogen and oxygen atoms in total. The minimum absolute atomic E-state index is 0.0497. The highest BCUT2D eigenvalue weighted by atomic mass is 79.9. The van der Waals surface area contributed by atoms with Gasteiger partial charge in [0.05, 0.1) is 19.3 Å². The Morgan fingerprint density at radius 2 is 2.16 bits per heavy atom. The van der Waals surface area contributed by atoms with E-state index in [0.717, 1.165) is 0 Å². The van der Waals surface area contributed by atoms with Crippen LogP contribution >= 0.6 is 15.9 Å². The minimum atomic E-state index is -0.938. The standard InChI is InChI=1S/C12H11BrO6/c1-3-17-12(15)9(14)6-4-7-11(19-5-18-7)8(13)10(6)16-2/h4H,3,5H2,1-2H3. The molecule has 1 aliphatic rings. The van der Waals surface area contributed by atoms with Gasteiger partial charge >= 0.3 is 5.97 Å². The van der Waals surface area contributed by atoms with Crippen molar-refractivity contribution >= 4 is 27.7 Å². The largest absolute Gasteiger partial charge is 0.495 e. The molecular formula is C12H11BrO6. The normalized spacial score (nSPS) is 12.2. The Kier molecular flexibility index (Phi) is 3.94. The van der Waals surface area contributed by atoms with Gasteiger partial charge in [0.25, 0.3) is 5.78 Å². The first-order chi connectivity index (χ1) is 9.10.